The first-order chi connectivity index (χ1) is 9.58. The van der Waals surface area contributed by atoms with Crippen molar-refractivity contribution in [1.82, 2.24) is 15.3 Å². The van der Waals surface area contributed by atoms with E-state index in [1.54, 1.807) is 11.8 Å². The molecular formula is C12H18N6O2. The van der Waals surface area contributed by atoms with Crippen molar-refractivity contribution in [3.63, 3.8) is 0 Å². The van der Waals surface area contributed by atoms with Crippen LogP contribution in [0.5, 0.6) is 0 Å². The van der Waals surface area contributed by atoms with Crippen LogP contribution in [0.2, 0.25) is 0 Å². The van der Waals surface area contributed by atoms with Crippen molar-refractivity contribution < 1.29 is 9.59 Å². The molecule has 2 heterocycles. The molecule has 20 heavy (non-hydrogen) atoms. The summed E-state index contributed by atoms with van der Waals surface area (Å²) in [5, 5.41) is 2.31. The van der Waals surface area contributed by atoms with Crippen molar-refractivity contribution in [1.29, 1.82) is 0 Å². The number of nitrogen functional groups attached to an aromatic ring is 1. The molecule has 1 aromatic rings. The van der Waals surface area contributed by atoms with Gasteiger partial charge in [0.25, 0.3) is 0 Å². The lowest BCUT2D eigenvalue weighted by molar-refractivity contribution is -0.132. The zero-order valence-electron chi connectivity index (χ0n) is 11.5. The van der Waals surface area contributed by atoms with E-state index in [2.05, 4.69) is 20.7 Å². The lowest BCUT2D eigenvalue weighted by Crippen LogP contribution is -2.57. The van der Waals surface area contributed by atoms with E-state index in [0.29, 0.717) is 18.1 Å². The zero-order valence-corrected chi connectivity index (χ0v) is 11.5. The van der Waals surface area contributed by atoms with Crippen molar-refractivity contribution in [3.05, 3.63) is 11.9 Å². The Labute approximate surface area is 116 Å². The molecule has 0 spiro atoms. The molecule has 0 aromatic carbocycles. The number of carbonyl (C=O) groups excluding carboxylic acids is 2. The number of piperazine rings is 1. The first-order valence-corrected chi connectivity index (χ1v) is 6.49. The molecule has 108 valence electrons. The number of hydrogen-bond acceptors (Lipinski definition) is 7. The lowest BCUT2D eigenvalue weighted by Gasteiger charge is -2.34. The van der Waals surface area contributed by atoms with E-state index < -0.39 is 6.04 Å². The molecule has 1 aliphatic heterocycles. The van der Waals surface area contributed by atoms with E-state index >= 15 is 0 Å². The van der Waals surface area contributed by atoms with Gasteiger partial charge < -0.3 is 10.3 Å². The molecule has 0 radical (unpaired) electrons. The highest BCUT2D eigenvalue weighted by molar-refractivity contribution is 6.04. The van der Waals surface area contributed by atoms with Gasteiger partial charge in [0.1, 0.15) is 24.0 Å². The number of anilines is 2. The molecule has 1 saturated heterocycles. The molecule has 0 aliphatic carbocycles. The fraction of sp³-hybridized carbons (Fsp3) is 0.500. The molecule has 1 fully saturated rings. The van der Waals surface area contributed by atoms with E-state index in [9.17, 15) is 9.59 Å². The third-order valence-corrected chi connectivity index (χ3v) is 3.25. The second-order valence-electron chi connectivity index (χ2n) is 4.64. The molecule has 2 amide bonds. The molecule has 8 heteroatoms. The van der Waals surface area contributed by atoms with E-state index in [1.165, 1.54) is 6.33 Å². The zero-order chi connectivity index (χ0) is 14.7. The molecule has 1 atom stereocenters. The third kappa shape index (κ3) is 2.55. The molecule has 1 aromatic heterocycles. The predicted molar refractivity (Wildman–Crippen MR) is 73.8 cm³/mol. The van der Waals surface area contributed by atoms with Crippen LogP contribution in [0.15, 0.2) is 6.33 Å². The average molecular weight is 278 g/mol. The van der Waals surface area contributed by atoms with Crippen LogP contribution in [0.4, 0.5) is 11.6 Å². The number of rotatable bonds is 4. The summed E-state index contributed by atoms with van der Waals surface area (Å²) in [6.45, 7) is 3.84. The number of amides is 2. The number of carbonyl (C=O) groups is 2. The van der Waals surface area contributed by atoms with Gasteiger partial charge in [-0.2, -0.15) is 0 Å². The van der Waals surface area contributed by atoms with E-state index in [-0.39, 0.29) is 18.4 Å². The Bertz CT molecular complexity index is 533. The molecule has 4 N–H and O–H groups in total. The fourth-order valence-corrected chi connectivity index (χ4v) is 2.23. The smallest absolute Gasteiger partial charge is 0.249 e. The summed E-state index contributed by atoms with van der Waals surface area (Å²) in [5.74, 6) is 5.89. The highest BCUT2D eigenvalue weighted by Gasteiger charge is 2.32. The minimum atomic E-state index is -0.469. The first kappa shape index (κ1) is 14.2. The summed E-state index contributed by atoms with van der Waals surface area (Å²) in [7, 11) is 0. The summed E-state index contributed by atoms with van der Waals surface area (Å²) >= 11 is 0. The Balaban J connectivity index is 2.45. The second kappa shape index (κ2) is 5.83. The third-order valence-electron chi connectivity index (χ3n) is 3.25. The SMILES string of the molecule is CCCc1c(NN)ncnc1N1CC(=O)NC(=O)C1C. The Morgan fingerprint density at radius 2 is 2.25 bits per heavy atom. The minimum absolute atomic E-state index is 0.0879. The quantitative estimate of drug-likeness (QED) is 0.389. The van der Waals surface area contributed by atoms with Crippen molar-refractivity contribution in [3.8, 4) is 0 Å². The van der Waals surface area contributed by atoms with Gasteiger partial charge in [-0.15, -0.1) is 0 Å². The number of hydrogen-bond donors (Lipinski definition) is 3. The Hall–Kier alpha value is -2.22. The van der Waals surface area contributed by atoms with Crippen LogP contribution in [0, 0.1) is 0 Å². The second-order valence-corrected chi connectivity index (χ2v) is 4.64. The molecule has 1 unspecified atom stereocenters. The van der Waals surface area contributed by atoms with E-state index in [1.807, 2.05) is 6.92 Å². The van der Waals surface area contributed by atoms with Gasteiger partial charge >= 0.3 is 0 Å². The van der Waals surface area contributed by atoms with Crippen molar-refractivity contribution in [2.75, 3.05) is 16.9 Å². The molecule has 0 bridgehead atoms. The topological polar surface area (TPSA) is 113 Å². The van der Waals surface area contributed by atoms with Crippen molar-refractivity contribution in [2.24, 2.45) is 5.84 Å². The average Bonchev–Trinajstić information content (AvgIpc) is 2.43. The van der Waals surface area contributed by atoms with Gasteiger partial charge in [0.15, 0.2) is 0 Å². The Morgan fingerprint density at radius 1 is 1.50 bits per heavy atom. The van der Waals surface area contributed by atoms with E-state index in [0.717, 1.165) is 12.0 Å². The fourth-order valence-electron chi connectivity index (χ4n) is 2.23. The van der Waals surface area contributed by atoms with Crippen LogP contribution in [-0.2, 0) is 16.0 Å². The van der Waals surface area contributed by atoms with Gasteiger partial charge in [0.2, 0.25) is 11.8 Å². The first-order valence-electron chi connectivity index (χ1n) is 6.49. The molecule has 1 aliphatic rings. The number of hydrazine groups is 1. The van der Waals surface area contributed by atoms with Crippen LogP contribution in [0.3, 0.4) is 0 Å². The van der Waals surface area contributed by atoms with Crippen LogP contribution in [0.25, 0.3) is 0 Å². The Kier molecular flexibility index (Phi) is 4.14. The number of nitrogens with one attached hydrogen (secondary N) is 2. The van der Waals surface area contributed by atoms with Crippen LogP contribution >= 0.6 is 0 Å². The number of imide groups is 1. The van der Waals surface area contributed by atoms with Gasteiger partial charge in [0.05, 0.1) is 6.54 Å². The van der Waals surface area contributed by atoms with Gasteiger partial charge in [0, 0.05) is 5.56 Å². The van der Waals surface area contributed by atoms with Crippen molar-refractivity contribution in [2.45, 2.75) is 32.7 Å². The van der Waals surface area contributed by atoms with Gasteiger partial charge in [-0.25, -0.2) is 15.8 Å². The highest BCUT2D eigenvalue weighted by Crippen LogP contribution is 2.26. The molecular weight excluding hydrogens is 260 g/mol. The van der Waals surface area contributed by atoms with Gasteiger partial charge in [-0.05, 0) is 13.3 Å². The maximum absolute atomic E-state index is 11.8. The van der Waals surface area contributed by atoms with Crippen LogP contribution < -0.4 is 21.5 Å². The number of aromatic nitrogens is 2. The van der Waals surface area contributed by atoms with Crippen molar-refractivity contribution >= 4 is 23.5 Å². The summed E-state index contributed by atoms with van der Waals surface area (Å²) < 4.78 is 0. The number of nitrogens with zero attached hydrogens (tertiary/aromatic N) is 3. The largest absolute Gasteiger partial charge is 0.335 e. The van der Waals surface area contributed by atoms with E-state index in [4.69, 9.17) is 5.84 Å². The Morgan fingerprint density at radius 3 is 2.90 bits per heavy atom. The van der Waals surface area contributed by atoms with Crippen LogP contribution in [-0.4, -0.2) is 34.4 Å². The lowest BCUT2D eigenvalue weighted by atomic mass is 10.1. The molecule has 0 saturated carbocycles. The monoisotopic (exact) mass is 278 g/mol. The molecule has 8 nitrogen and oxygen atoms in total. The molecule has 2 rings (SSSR count). The van der Waals surface area contributed by atoms with Crippen LogP contribution in [0.1, 0.15) is 25.8 Å². The normalized spacial score (nSPS) is 18.9. The van der Waals surface area contributed by atoms with Gasteiger partial charge in [-0.3, -0.25) is 14.9 Å². The van der Waals surface area contributed by atoms with Gasteiger partial charge in [-0.1, -0.05) is 13.3 Å². The summed E-state index contributed by atoms with van der Waals surface area (Å²) in [6.07, 6.45) is 2.94. The maximum atomic E-state index is 11.8. The highest BCUT2D eigenvalue weighted by atomic mass is 16.2. The summed E-state index contributed by atoms with van der Waals surface area (Å²) in [6, 6.07) is -0.469. The minimum Gasteiger partial charge on any atom is -0.335 e. The maximum Gasteiger partial charge on any atom is 0.249 e. The predicted octanol–water partition coefficient (Wildman–Crippen LogP) is -0.434. The number of nitrogens with two attached hydrogens (primary N) is 1. The standard InChI is InChI=1S/C12H18N6O2/c1-3-4-8-10(17-13)14-6-15-11(8)18-5-9(19)16-12(20)7(18)2/h6-7H,3-5,13H2,1-2H3,(H,14,15,17)(H,16,19,20). The summed E-state index contributed by atoms with van der Waals surface area (Å²) in [5.41, 5.74) is 3.35. The summed E-state index contributed by atoms with van der Waals surface area (Å²) in [4.78, 5) is 33.3.